The molecule has 19 heavy (non-hydrogen) atoms. The third-order valence-electron chi connectivity index (χ3n) is 2.30. The van der Waals surface area contributed by atoms with E-state index in [0.717, 1.165) is 5.69 Å². The van der Waals surface area contributed by atoms with Crippen molar-refractivity contribution in [2.45, 2.75) is 6.92 Å². The Balaban J connectivity index is 2.38. The number of benzene rings is 1. The number of nitrogens with two attached hydrogens (primary N) is 1. The van der Waals surface area contributed by atoms with Crippen LogP contribution in [0.2, 0.25) is 10.0 Å². The highest BCUT2D eigenvalue weighted by Gasteiger charge is 2.08. The molecular weight excluding hydrogens is 303 g/mol. The second-order valence-corrected chi connectivity index (χ2v) is 5.03. The summed E-state index contributed by atoms with van der Waals surface area (Å²) in [6, 6.07) is 6.97. The van der Waals surface area contributed by atoms with Crippen molar-refractivity contribution in [3.8, 4) is 0 Å². The summed E-state index contributed by atoms with van der Waals surface area (Å²) in [5.74, 6) is 0.368. The summed E-state index contributed by atoms with van der Waals surface area (Å²) in [6.07, 6.45) is 0. The molecule has 0 radical (unpaired) electrons. The van der Waals surface area contributed by atoms with E-state index in [-0.39, 0.29) is 4.99 Å². The van der Waals surface area contributed by atoms with Gasteiger partial charge < -0.3 is 11.1 Å². The third-order valence-corrected chi connectivity index (χ3v) is 3.33. The van der Waals surface area contributed by atoms with Gasteiger partial charge in [0.05, 0.1) is 15.7 Å². The molecule has 0 aliphatic carbocycles. The van der Waals surface area contributed by atoms with Gasteiger partial charge in [0.15, 0.2) is 0 Å². The molecule has 3 N–H and O–H groups in total. The molecule has 0 fully saturated rings. The maximum atomic E-state index is 6.08. The van der Waals surface area contributed by atoms with E-state index < -0.39 is 0 Å². The molecule has 0 amide bonds. The van der Waals surface area contributed by atoms with Gasteiger partial charge in [-0.1, -0.05) is 41.5 Å². The third kappa shape index (κ3) is 3.32. The summed E-state index contributed by atoms with van der Waals surface area (Å²) in [5.41, 5.74) is 7.44. The van der Waals surface area contributed by atoms with Crippen LogP contribution in [0.25, 0.3) is 0 Å². The van der Waals surface area contributed by atoms with Crippen LogP contribution in [0.5, 0.6) is 0 Å². The monoisotopic (exact) mass is 312 g/mol. The van der Waals surface area contributed by atoms with Crippen LogP contribution in [0.1, 0.15) is 11.4 Å². The number of anilines is 2. The Kier molecular flexibility index (Phi) is 4.19. The number of hydrogen-bond acceptors (Lipinski definition) is 4. The van der Waals surface area contributed by atoms with Crippen molar-refractivity contribution in [1.29, 1.82) is 0 Å². The molecule has 1 aromatic heterocycles. The molecule has 0 saturated carbocycles. The summed E-state index contributed by atoms with van der Waals surface area (Å²) in [6.45, 7) is 1.83. The predicted molar refractivity (Wildman–Crippen MR) is 82.4 cm³/mol. The van der Waals surface area contributed by atoms with Gasteiger partial charge in [-0.2, -0.15) is 0 Å². The van der Waals surface area contributed by atoms with E-state index in [9.17, 15) is 0 Å². The number of aryl methyl sites for hydroxylation is 1. The van der Waals surface area contributed by atoms with Gasteiger partial charge >= 0.3 is 0 Å². The first-order valence-corrected chi connectivity index (χ1v) is 6.50. The van der Waals surface area contributed by atoms with Crippen LogP contribution in [0.15, 0.2) is 24.3 Å². The van der Waals surface area contributed by atoms with Crippen molar-refractivity contribution >= 4 is 52.0 Å². The van der Waals surface area contributed by atoms with Crippen molar-refractivity contribution < 1.29 is 0 Å². The molecule has 1 aromatic carbocycles. The minimum atomic E-state index is 0.214. The average molecular weight is 313 g/mol. The maximum absolute atomic E-state index is 6.08. The topological polar surface area (TPSA) is 63.8 Å². The highest BCUT2D eigenvalue weighted by Crippen LogP contribution is 2.30. The van der Waals surface area contributed by atoms with Crippen molar-refractivity contribution in [3.05, 3.63) is 45.7 Å². The first-order chi connectivity index (χ1) is 8.97. The molecular formula is C12H10Cl2N4S. The van der Waals surface area contributed by atoms with Crippen molar-refractivity contribution in [2.24, 2.45) is 5.73 Å². The highest BCUT2D eigenvalue weighted by atomic mass is 35.5. The zero-order chi connectivity index (χ0) is 14.0. The molecule has 0 unspecified atom stereocenters. The lowest BCUT2D eigenvalue weighted by Crippen LogP contribution is -2.13. The number of nitrogens with zero attached hydrogens (tertiary/aromatic N) is 2. The fourth-order valence-corrected chi connectivity index (χ4v) is 1.92. The SMILES string of the molecule is Cc1cc(C(N)=S)nc(Nc2cccc(Cl)c2Cl)n1. The van der Waals surface area contributed by atoms with Gasteiger partial charge in [-0.25, -0.2) is 9.97 Å². The molecule has 4 nitrogen and oxygen atoms in total. The quantitative estimate of drug-likeness (QED) is 0.850. The van der Waals surface area contributed by atoms with Crippen LogP contribution in [0.3, 0.4) is 0 Å². The number of rotatable bonds is 3. The number of thiocarbonyl (C=S) groups is 1. The number of aromatic nitrogens is 2. The standard InChI is InChI=1S/C12H10Cl2N4S/c1-6-5-9(11(15)19)18-12(16-6)17-8-4-2-3-7(13)10(8)14/h2-5H,1H3,(H2,15,19)(H,16,17,18). The van der Waals surface area contributed by atoms with Crippen LogP contribution in [0.4, 0.5) is 11.6 Å². The summed E-state index contributed by atoms with van der Waals surface area (Å²) in [5, 5.41) is 3.86. The highest BCUT2D eigenvalue weighted by molar-refractivity contribution is 7.80. The van der Waals surface area contributed by atoms with Gasteiger partial charge in [0, 0.05) is 5.69 Å². The molecule has 98 valence electrons. The van der Waals surface area contributed by atoms with E-state index in [1.54, 1.807) is 24.3 Å². The fraction of sp³-hybridized carbons (Fsp3) is 0.0833. The van der Waals surface area contributed by atoms with Crippen molar-refractivity contribution in [2.75, 3.05) is 5.32 Å². The Morgan fingerprint density at radius 3 is 2.74 bits per heavy atom. The van der Waals surface area contributed by atoms with Gasteiger partial charge in [-0.15, -0.1) is 0 Å². The molecule has 2 rings (SSSR count). The first-order valence-electron chi connectivity index (χ1n) is 5.34. The molecule has 0 aliphatic heterocycles. The van der Waals surface area contributed by atoms with Crippen molar-refractivity contribution in [1.82, 2.24) is 9.97 Å². The van der Waals surface area contributed by atoms with Gasteiger partial charge in [0.25, 0.3) is 0 Å². The Morgan fingerprint density at radius 1 is 1.32 bits per heavy atom. The Bertz CT molecular complexity index is 646. The molecule has 2 aromatic rings. The summed E-state index contributed by atoms with van der Waals surface area (Å²) in [4.78, 5) is 8.67. The van der Waals surface area contributed by atoms with E-state index in [1.807, 2.05) is 6.92 Å². The number of halogens is 2. The molecule has 0 atom stereocenters. The van der Waals surface area contributed by atoms with Crippen LogP contribution in [-0.2, 0) is 0 Å². The van der Waals surface area contributed by atoms with Crippen LogP contribution >= 0.6 is 35.4 Å². The second kappa shape index (κ2) is 5.69. The average Bonchev–Trinajstić information content (AvgIpc) is 2.34. The van der Waals surface area contributed by atoms with E-state index in [1.165, 1.54) is 0 Å². The molecule has 0 bridgehead atoms. The minimum Gasteiger partial charge on any atom is -0.388 e. The summed E-state index contributed by atoms with van der Waals surface area (Å²) >= 11 is 16.9. The van der Waals surface area contributed by atoms with E-state index in [0.29, 0.717) is 27.4 Å². The van der Waals surface area contributed by atoms with E-state index in [4.69, 9.17) is 41.2 Å². The summed E-state index contributed by atoms with van der Waals surface area (Å²) < 4.78 is 0. The van der Waals surface area contributed by atoms with Crippen LogP contribution in [-0.4, -0.2) is 15.0 Å². The normalized spacial score (nSPS) is 10.3. The molecule has 0 aliphatic rings. The van der Waals surface area contributed by atoms with Crippen molar-refractivity contribution in [3.63, 3.8) is 0 Å². The van der Waals surface area contributed by atoms with E-state index >= 15 is 0 Å². The van der Waals surface area contributed by atoms with Gasteiger partial charge in [0.1, 0.15) is 10.7 Å². The van der Waals surface area contributed by atoms with Gasteiger partial charge in [-0.05, 0) is 25.1 Å². The molecule has 7 heteroatoms. The van der Waals surface area contributed by atoms with Gasteiger partial charge in [0.2, 0.25) is 5.95 Å². The molecule has 1 heterocycles. The minimum absolute atomic E-state index is 0.214. The largest absolute Gasteiger partial charge is 0.388 e. The van der Waals surface area contributed by atoms with Crippen LogP contribution in [0, 0.1) is 6.92 Å². The summed E-state index contributed by atoms with van der Waals surface area (Å²) in [7, 11) is 0. The first kappa shape index (κ1) is 14.0. The molecule has 0 saturated heterocycles. The lowest BCUT2D eigenvalue weighted by molar-refractivity contribution is 1.09. The zero-order valence-corrected chi connectivity index (χ0v) is 12.3. The van der Waals surface area contributed by atoms with Gasteiger partial charge in [-0.3, -0.25) is 0 Å². The van der Waals surface area contributed by atoms with Crippen LogP contribution < -0.4 is 11.1 Å². The smallest absolute Gasteiger partial charge is 0.228 e. The Hall–Kier alpha value is -1.43. The number of nitrogens with one attached hydrogen (secondary N) is 1. The lowest BCUT2D eigenvalue weighted by atomic mass is 10.3. The Labute approximate surface area is 126 Å². The Morgan fingerprint density at radius 2 is 2.05 bits per heavy atom. The van der Waals surface area contributed by atoms with E-state index in [2.05, 4.69) is 15.3 Å². The zero-order valence-electron chi connectivity index (χ0n) is 9.95. The lowest BCUT2D eigenvalue weighted by Gasteiger charge is -2.09. The number of hydrogen-bond donors (Lipinski definition) is 2. The molecule has 0 spiro atoms. The fourth-order valence-electron chi connectivity index (χ4n) is 1.47. The predicted octanol–water partition coefficient (Wildman–Crippen LogP) is 3.47. The maximum Gasteiger partial charge on any atom is 0.228 e. The second-order valence-electron chi connectivity index (χ2n) is 3.81.